The van der Waals surface area contributed by atoms with Gasteiger partial charge in [0, 0.05) is 31.3 Å². The van der Waals surface area contributed by atoms with Crippen LogP contribution in [0.4, 0.5) is 0 Å². The highest BCUT2D eigenvalue weighted by molar-refractivity contribution is 7.98. The minimum atomic E-state index is 0.258. The van der Waals surface area contributed by atoms with Crippen molar-refractivity contribution in [2.75, 3.05) is 19.3 Å². The van der Waals surface area contributed by atoms with Gasteiger partial charge in [0.05, 0.1) is 5.69 Å². The molecule has 0 aromatic carbocycles. The molecule has 0 aliphatic rings. The molecule has 1 heterocycles. The molecule has 0 bridgehead atoms. The number of hydrogen-bond donors (Lipinski definition) is 3. The molecule has 1 aromatic rings. The van der Waals surface area contributed by atoms with Gasteiger partial charge in [-0.1, -0.05) is 0 Å². The summed E-state index contributed by atoms with van der Waals surface area (Å²) in [7, 11) is 1.79. The maximum Gasteiger partial charge on any atom is 0.166 e. The number of thioether (sulfide) groups is 1. The zero-order valence-corrected chi connectivity index (χ0v) is 10.7. The first-order valence-corrected chi connectivity index (χ1v) is 6.46. The van der Waals surface area contributed by atoms with E-state index >= 15 is 0 Å². The number of aromatic nitrogens is 1. The van der Waals surface area contributed by atoms with Gasteiger partial charge in [-0.3, -0.25) is 4.98 Å². The summed E-state index contributed by atoms with van der Waals surface area (Å²) in [6, 6.07) is 3.37. The van der Waals surface area contributed by atoms with Crippen LogP contribution in [0.1, 0.15) is 5.69 Å². The third-order valence-corrected chi connectivity index (χ3v) is 3.18. The first-order valence-electron chi connectivity index (χ1n) is 4.90. The van der Waals surface area contributed by atoms with Crippen molar-refractivity contribution >= 4 is 29.1 Å². The lowest BCUT2D eigenvalue weighted by Crippen LogP contribution is -2.33. The van der Waals surface area contributed by atoms with Crippen molar-refractivity contribution in [1.82, 2.24) is 15.6 Å². The zero-order chi connectivity index (χ0) is 11.8. The average Bonchev–Trinajstić information content (AvgIpc) is 2.30. The molecule has 1 aromatic heterocycles. The van der Waals surface area contributed by atoms with Gasteiger partial charge in [-0.05, 0) is 24.4 Å². The van der Waals surface area contributed by atoms with Crippen LogP contribution in [0.25, 0.3) is 0 Å². The van der Waals surface area contributed by atoms with Crippen molar-refractivity contribution in [1.29, 1.82) is 0 Å². The Kier molecular flexibility index (Phi) is 5.95. The lowest BCUT2D eigenvalue weighted by atomic mass is 10.3. The highest BCUT2D eigenvalue weighted by atomic mass is 32.2. The molecule has 1 rings (SSSR count). The van der Waals surface area contributed by atoms with Crippen LogP contribution in [0, 0.1) is 0 Å². The molecule has 0 aliphatic carbocycles. The topological polar surface area (TPSA) is 57.2 Å². The summed E-state index contributed by atoms with van der Waals surface area (Å²) in [4.78, 5) is 4.10. The minimum Gasteiger partial charge on any atom is -0.506 e. The summed E-state index contributed by atoms with van der Waals surface area (Å²) in [5, 5.41) is 16.0. The van der Waals surface area contributed by atoms with Crippen LogP contribution in [0.3, 0.4) is 0 Å². The monoisotopic (exact) mass is 257 g/mol. The van der Waals surface area contributed by atoms with E-state index < -0.39 is 0 Å². The summed E-state index contributed by atoms with van der Waals surface area (Å²) in [6.07, 6.45) is 1.68. The van der Waals surface area contributed by atoms with E-state index in [0.717, 1.165) is 18.0 Å². The second-order valence-corrected chi connectivity index (χ2v) is 4.54. The van der Waals surface area contributed by atoms with Gasteiger partial charge in [-0.25, -0.2) is 0 Å². The van der Waals surface area contributed by atoms with Gasteiger partial charge in [0.15, 0.2) is 5.11 Å². The second kappa shape index (κ2) is 7.29. The number of hydrogen-bond acceptors (Lipinski definition) is 4. The van der Waals surface area contributed by atoms with Gasteiger partial charge in [0.25, 0.3) is 0 Å². The van der Waals surface area contributed by atoms with Crippen LogP contribution < -0.4 is 10.6 Å². The molecule has 0 amide bonds. The molecule has 0 radical (unpaired) electrons. The normalized spacial score (nSPS) is 9.81. The fraction of sp³-hybridized carbons (Fsp3) is 0.400. The van der Waals surface area contributed by atoms with Gasteiger partial charge in [-0.2, -0.15) is 11.8 Å². The Hall–Kier alpha value is -1.01. The first-order chi connectivity index (χ1) is 7.74. The highest BCUT2D eigenvalue weighted by Gasteiger charge is 2.00. The Bertz CT molecular complexity index is 347. The van der Waals surface area contributed by atoms with Crippen molar-refractivity contribution in [3.05, 3.63) is 24.0 Å². The molecular formula is C10H15N3OS2. The maximum atomic E-state index is 9.47. The van der Waals surface area contributed by atoms with Gasteiger partial charge in [0.1, 0.15) is 5.75 Å². The van der Waals surface area contributed by atoms with Crippen LogP contribution in [-0.4, -0.2) is 34.5 Å². The summed E-state index contributed by atoms with van der Waals surface area (Å²) in [5.74, 6) is 1.88. The Morgan fingerprint density at radius 2 is 2.44 bits per heavy atom. The molecule has 0 saturated carbocycles. The SMILES string of the molecule is CNC(=S)NCCSCc1ncccc1O. The predicted molar refractivity (Wildman–Crippen MR) is 71.7 cm³/mol. The number of nitrogens with one attached hydrogen (secondary N) is 2. The second-order valence-electron chi connectivity index (χ2n) is 3.03. The van der Waals surface area contributed by atoms with Gasteiger partial charge in [-0.15, -0.1) is 0 Å². The molecule has 88 valence electrons. The van der Waals surface area contributed by atoms with E-state index in [9.17, 15) is 5.11 Å². The van der Waals surface area contributed by atoms with E-state index in [1.165, 1.54) is 0 Å². The van der Waals surface area contributed by atoms with Gasteiger partial charge >= 0.3 is 0 Å². The van der Waals surface area contributed by atoms with Crippen LogP contribution in [-0.2, 0) is 5.75 Å². The number of pyridine rings is 1. The van der Waals surface area contributed by atoms with E-state index in [0.29, 0.717) is 10.9 Å². The molecule has 0 saturated heterocycles. The van der Waals surface area contributed by atoms with Gasteiger partial charge < -0.3 is 15.7 Å². The minimum absolute atomic E-state index is 0.258. The number of thiocarbonyl (C=S) groups is 1. The molecule has 3 N–H and O–H groups in total. The van der Waals surface area contributed by atoms with Crippen molar-refractivity contribution in [3.63, 3.8) is 0 Å². The molecule has 0 aliphatic heterocycles. The van der Waals surface area contributed by atoms with Crippen LogP contribution in [0.2, 0.25) is 0 Å². The maximum absolute atomic E-state index is 9.47. The van der Waals surface area contributed by atoms with Crippen LogP contribution >= 0.6 is 24.0 Å². The number of rotatable bonds is 5. The standard InChI is InChI=1S/C10H15N3OS2/c1-11-10(15)13-5-6-16-7-8-9(14)3-2-4-12-8/h2-4,14H,5-7H2,1H3,(H2,11,13,15). The van der Waals surface area contributed by atoms with Crippen LogP contribution in [0.15, 0.2) is 18.3 Å². The number of aromatic hydroxyl groups is 1. The third-order valence-electron chi connectivity index (χ3n) is 1.86. The molecule has 0 atom stereocenters. The van der Waals surface area contributed by atoms with E-state index in [4.69, 9.17) is 12.2 Å². The fourth-order valence-corrected chi connectivity index (χ4v) is 1.94. The molecule has 0 spiro atoms. The number of nitrogens with zero attached hydrogens (tertiary/aromatic N) is 1. The fourth-order valence-electron chi connectivity index (χ4n) is 1.03. The summed E-state index contributed by atoms with van der Waals surface area (Å²) < 4.78 is 0. The molecular weight excluding hydrogens is 242 g/mol. The first kappa shape index (κ1) is 13.1. The summed E-state index contributed by atoms with van der Waals surface area (Å²) in [6.45, 7) is 0.804. The van der Waals surface area contributed by atoms with E-state index in [2.05, 4.69) is 15.6 Å². The molecule has 6 heteroatoms. The molecule has 0 unspecified atom stereocenters. The molecule has 4 nitrogen and oxygen atoms in total. The zero-order valence-electron chi connectivity index (χ0n) is 9.06. The summed E-state index contributed by atoms with van der Waals surface area (Å²) in [5.41, 5.74) is 0.726. The third kappa shape index (κ3) is 4.67. The van der Waals surface area contributed by atoms with E-state index in [-0.39, 0.29) is 5.75 Å². The highest BCUT2D eigenvalue weighted by Crippen LogP contribution is 2.18. The lowest BCUT2D eigenvalue weighted by molar-refractivity contribution is 0.467. The van der Waals surface area contributed by atoms with Crippen LogP contribution in [0.5, 0.6) is 5.75 Å². The van der Waals surface area contributed by atoms with E-state index in [1.54, 1.807) is 37.1 Å². The van der Waals surface area contributed by atoms with Crippen molar-refractivity contribution < 1.29 is 5.11 Å². The molecule has 0 fully saturated rings. The Labute approximate surface area is 105 Å². The lowest BCUT2D eigenvalue weighted by Gasteiger charge is -2.06. The molecule has 16 heavy (non-hydrogen) atoms. The Balaban J connectivity index is 2.17. The Morgan fingerprint density at radius 1 is 1.62 bits per heavy atom. The van der Waals surface area contributed by atoms with Crippen molar-refractivity contribution in [2.45, 2.75) is 5.75 Å². The van der Waals surface area contributed by atoms with Crippen molar-refractivity contribution in [3.8, 4) is 5.75 Å². The quantitative estimate of drug-likeness (QED) is 0.543. The largest absolute Gasteiger partial charge is 0.506 e. The van der Waals surface area contributed by atoms with Gasteiger partial charge in [0.2, 0.25) is 0 Å². The van der Waals surface area contributed by atoms with E-state index in [1.807, 2.05) is 0 Å². The smallest absolute Gasteiger partial charge is 0.166 e. The Morgan fingerprint density at radius 3 is 3.12 bits per heavy atom. The predicted octanol–water partition coefficient (Wildman–Crippen LogP) is 1.11. The average molecular weight is 257 g/mol. The summed E-state index contributed by atoms with van der Waals surface area (Å²) >= 11 is 6.64. The van der Waals surface area contributed by atoms with Crippen molar-refractivity contribution in [2.24, 2.45) is 0 Å².